The Morgan fingerprint density at radius 2 is 1.33 bits per heavy atom. The summed E-state index contributed by atoms with van der Waals surface area (Å²) in [7, 11) is 0. The molecule has 0 N–H and O–H groups in total. The second-order valence-electron chi connectivity index (χ2n) is 4.20. The highest BCUT2D eigenvalue weighted by molar-refractivity contribution is 4.55. The summed E-state index contributed by atoms with van der Waals surface area (Å²) >= 11 is 0. The van der Waals surface area contributed by atoms with Gasteiger partial charge in [-0.2, -0.15) is 0 Å². The predicted octanol–water partition coefficient (Wildman–Crippen LogP) is 3.99. The lowest BCUT2D eigenvalue weighted by atomic mass is 10.1. The largest absolute Gasteiger partial charge is 0.352 e. The third-order valence-corrected chi connectivity index (χ3v) is 2.67. The molecule has 0 aliphatic rings. The van der Waals surface area contributed by atoms with E-state index in [-0.39, 0.29) is 6.29 Å². The van der Waals surface area contributed by atoms with E-state index in [0.29, 0.717) is 5.92 Å². The highest BCUT2D eigenvalue weighted by Crippen LogP contribution is 2.14. The molecule has 2 heteroatoms. The predicted molar refractivity (Wildman–Crippen MR) is 65.0 cm³/mol. The van der Waals surface area contributed by atoms with Crippen LogP contribution in [-0.4, -0.2) is 19.5 Å². The SMILES string of the molecule is CCCCOC(OCCCC)C(C)CC. The summed E-state index contributed by atoms with van der Waals surface area (Å²) in [4.78, 5) is 0. The Kier molecular flexibility index (Phi) is 10.4. The first-order valence-corrected chi connectivity index (χ1v) is 6.49. The van der Waals surface area contributed by atoms with Crippen molar-refractivity contribution in [2.24, 2.45) is 5.92 Å². The van der Waals surface area contributed by atoms with Gasteiger partial charge >= 0.3 is 0 Å². The molecule has 0 rings (SSSR count). The molecule has 0 spiro atoms. The molecule has 0 aliphatic carbocycles. The Bertz CT molecular complexity index is 116. The van der Waals surface area contributed by atoms with E-state index in [1.165, 1.54) is 12.8 Å². The van der Waals surface area contributed by atoms with Crippen molar-refractivity contribution in [1.82, 2.24) is 0 Å². The summed E-state index contributed by atoms with van der Waals surface area (Å²) in [5.41, 5.74) is 0. The molecule has 0 saturated heterocycles. The van der Waals surface area contributed by atoms with Gasteiger partial charge in [0.1, 0.15) is 0 Å². The third kappa shape index (κ3) is 7.80. The molecule has 15 heavy (non-hydrogen) atoms. The van der Waals surface area contributed by atoms with Gasteiger partial charge in [-0.3, -0.25) is 0 Å². The van der Waals surface area contributed by atoms with E-state index in [1.54, 1.807) is 0 Å². The van der Waals surface area contributed by atoms with Crippen molar-refractivity contribution in [2.45, 2.75) is 66.1 Å². The van der Waals surface area contributed by atoms with Crippen molar-refractivity contribution >= 4 is 0 Å². The van der Waals surface area contributed by atoms with Gasteiger partial charge in [-0.15, -0.1) is 0 Å². The highest BCUT2D eigenvalue weighted by atomic mass is 16.7. The molecular weight excluding hydrogens is 188 g/mol. The fourth-order valence-electron chi connectivity index (χ4n) is 1.26. The molecule has 0 bridgehead atoms. The Balaban J connectivity index is 3.73. The number of unbranched alkanes of at least 4 members (excludes halogenated alkanes) is 2. The summed E-state index contributed by atoms with van der Waals surface area (Å²) in [6, 6.07) is 0. The topological polar surface area (TPSA) is 18.5 Å². The monoisotopic (exact) mass is 216 g/mol. The second kappa shape index (κ2) is 10.4. The van der Waals surface area contributed by atoms with Crippen LogP contribution in [0.1, 0.15) is 59.8 Å². The smallest absolute Gasteiger partial charge is 0.160 e. The zero-order valence-electron chi connectivity index (χ0n) is 10.9. The Labute approximate surface area is 95.3 Å². The summed E-state index contributed by atoms with van der Waals surface area (Å²) in [5.74, 6) is 0.499. The normalized spacial score (nSPS) is 13.4. The van der Waals surface area contributed by atoms with E-state index in [9.17, 15) is 0 Å². The minimum atomic E-state index is 0.00750. The van der Waals surface area contributed by atoms with E-state index in [4.69, 9.17) is 9.47 Å². The first kappa shape index (κ1) is 14.9. The Morgan fingerprint density at radius 1 is 0.867 bits per heavy atom. The summed E-state index contributed by atoms with van der Waals surface area (Å²) in [6.45, 7) is 10.4. The van der Waals surface area contributed by atoms with Gasteiger partial charge in [0.05, 0.1) is 0 Å². The molecule has 0 aromatic rings. The van der Waals surface area contributed by atoms with Crippen molar-refractivity contribution in [3.8, 4) is 0 Å². The summed E-state index contributed by atoms with van der Waals surface area (Å²) in [5, 5.41) is 0. The van der Waals surface area contributed by atoms with Crippen LogP contribution in [-0.2, 0) is 9.47 Å². The van der Waals surface area contributed by atoms with Gasteiger partial charge in [0.2, 0.25) is 0 Å². The lowest BCUT2D eigenvalue weighted by Gasteiger charge is -2.23. The van der Waals surface area contributed by atoms with Crippen LogP contribution in [0, 0.1) is 5.92 Å². The molecule has 0 amide bonds. The molecule has 0 radical (unpaired) electrons. The van der Waals surface area contributed by atoms with Crippen LogP contribution in [0.3, 0.4) is 0 Å². The fraction of sp³-hybridized carbons (Fsp3) is 1.00. The lowest BCUT2D eigenvalue weighted by Crippen LogP contribution is -2.26. The Hall–Kier alpha value is -0.0800. The van der Waals surface area contributed by atoms with Crippen LogP contribution in [0.25, 0.3) is 0 Å². The van der Waals surface area contributed by atoms with Gasteiger partial charge in [0, 0.05) is 19.1 Å². The maximum absolute atomic E-state index is 5.76. The van der Waals surface area contributed by atoms with Gasteiger partial charge in [0.25, 0.3) is 0 Å². The standard InChI is InChI=1S/C13H28O2/c1-5-8-10-14-13(12(4)7-3)15-11-9-6-2/h12-13H,5-11H2,1-4H3. The fourth-order valence-corrected chi connectivity index (χ4v) is 1.26. The van der Waals surface area contributed by atoms with E-state index in [1.807, 2.05) is 0 Å². The molecule has 1 atom stereocenters. The molecule has 0 aliphatic heterocycles. The third-order valence-electron chi connectivity index (χ3n) is 2.67. The van der Waals surface area contributed by atoms with E-state index < -0.39 is 0 Å². The molecule has 1 unspecified atom stereocenters. The van der Waals surface area contributed by atoms with Gasteiger partial charge in [-0.25, -0.2) is 0 Å². The number of hydrogen-bond acceptors (Lipinski definition) is 2. The average Bonchev–Trinajstić information content (AvgIpc) is 2.26. The molecule has 92 valence electrons. The maximum atomic E-state index is 5.76. The zero-order valence-corrected chi connectivity index (χ0v) is 10.9. The van der Waals surface area contributed by atoms with Crippen LogP contribution in [0.2, 0.25) is 0 Å². The molecule has 0 aromatic heterocycles. The van der Waals surface area contributed by atoms with Crippen LogP contribution in [0.5, 0.6) is 0 Å². The van der Waals surface area contributed by atoms with E-state index in [2.05, 4.69) is 27.7 Å². The number of rotatable bonds is 10. The van der Waals surface area contributed by atoms with Crippen molar-refractivity contribution < 1.29 is 9.47 Å². The minimum absolute atomic E-state index is 0.00750. The van der Waals surface area contributed by atoms with Crippen molar-refractivity contribution in [3.05, 3.63) is 0 Å². The van der Waals surface area contributed by atoms with Crippen LogP contribution >= 0.6 is 0 Å². The first-order chi connectivity index (χ1) is 7.26. The van der Waals surface area contributed by atoms with Crippen LogP contribution in [0.4, 0.5) is 0 Å². The van der Waals surface area contributed by atoms with Crippen LogP contribution in [0.15, 0.2) is 0 Å². The molecule has 0 heterocycles. The Morgan fingerprint density at radius 3 is 1.67 bits per heavy atom. The lowest BCUT2D eigenvalue weighted by molar-refractivity contribution is -0.170. The highest BCUT2D eigenvalue weighted by Gasteiger charge is 2.16. The maximum Gasteiger partial charge on any atom is 0.160 e. The number of ether oxygens (including phenoxy) is 2. The van der Waals surface area contributed by atoms with Crippen molar-refractivity contribution in [1.29, 1.82) is 0 Å². The van der Waals surface area contributed by atoms with E-state index in [0.717, 1.165) is 32.5 Å². The molecule has 0 aromatic carbocycles. The minimum Gasteiger partial charge on any atom is -0.352 e. The molecule has 2 nitrogen and oxygen atoms in total. The molecular formula is C13H28O2. The van der Waals surface area contributed by atoms with Crippen molar-refractivity contribution in [3.63, 3.8) is 0 Å². The van der Waals surface area contributed by atoms with Gasteiger partial charge in [0.15, 0.2) is 6.29 Å². The molecule has 0 fully saturated rings. The quantitative estimate of drug-likeness (QED) is 0.406. The van der Waals surface area contributed by atoms with Crippen molar-refractivity contribution in [2.75, 3.05) is 13.2 Å². The van der Waals surface area contributed by atoms with Gasteiger partial charge in [-0.1, -0.05) is 40.5 Å². The first-order valence-electron chi connectivity index (χ1n) is 6.49. The van der Waals surface area contributed by atoms with Gasteiger partial charge < -0.3 is 9.47 Å². The second-order valence-corrected chi connectivity index (χ2v) is 4.20. The van der Waals surface area contributed by atoms with Crippen LogP contribution < -0.4 is 0 Å². The van der Waals surface area contributed by atoms with E-state index >= 15 is 0 Å². The molecule has 0 saturated carbocycles. The zero-order chi connectivity index (χ0) is 11.5. The number of hydrogen-bond donors (Lipinski definition) is 0. The van der Waals surface area contributed by atoms with Gasteiger partial charge in [-0.05, 0) is 19.3 Å². The summed E-state index contributed by atoms with van der Waals surface area (Å²) in [6.07, 6.45) is 5.75. The average molecular weight is 216 g/mol. The summed E-state index contributed by atoms with van der Waals surface area (Å²) < 4.78 is 11.5.